The number of carbonyl (C=O) groups excluding carboxylic acids is 1. The Kier molecular flexibility index (Phi) is 5.78. The van der Waals surface area contributed by atoms with Crippen molar-refractivity contribution in [3.8, 4) is 0 Å². The topological polar surface area (TPSA) is 54.5 Å². The summed E-state index contributed by atoms with van der Waals surface area (Å²) in [5.74, 6) is 0.102. The SMILES string of the molecule is O=C(COCCCc1ccncc1)N1CCNCC1. The van der Waals surface area contributed by atoms with Crippen LogP contribution in [0.2, 0.25) is 0 Å². The van der Waals surface area contributed by atoms with Crippen LogP contribution in [0.15, 0.2) is 24.5 Å². The number of hydrogen-bond acceptors (Lipinski definition) is 4. The molecule has 0 aliphatic carbocycles. The number of amides is 1. The Hall–Kier alpha value is -1.46. The van der Waals surface area contributed by atoms with E-state index in [0.29, 0.717) is 6.61 Å². The summed E-state index contributed by atoms with van der Waals surface area (Å²) in [5, 5.41) is 3.22. The van der Waals surface area contributed by atoms with Crippen LogP contribution in [0.25, 0.3) is 0 Å². The zero-order valence-electron chi connectivity index (χ0n) is 11.2. The van der Waals surface area contributed by atoms with Crippen LogP contribution in [0.5, 0.6) is 0 Å². The Morgan fingerprint density at radius 2 is 2.05 bits per heavy atom. The highest BCUT2D eigenvalue weighted by Crippen LogP contribution is 2.01. The molecule has 0 atom stereocenters. The maximum atomic E-state index is 11.8. The smallest absolute Gasteiger partial charge is 0.248 e. The van der Waals surface area contributed by atoms with E-state index in [1.807, 2.05) is 17.0 Å². The molecular weight excluding hydrogens is 242 g/mol. The van der Waals surface area contributed by atoms with Gasteiger partial charge in [0.25, 0.3) is 0 Å². The number of piperazine rings is 1. The monoisotopic (exact) mass is 263 g/mol. The molecule has 104 valence electrons. The predicted octanol–water partition coefficient (Wildman–Crippen LogP) is 0.463. The molecule has 1 amide bonds. The van der Waals surface area contributed by atoms with Crippen LogP contribution in [0, 0.1) is 0 Å². The number of aryl methyl sites for hydroxylation is 1. The molecule has 0 aromatic carbocycles. The molecule has 0 saturated carbocycles. The minimum absolute atomic E-state index is 0.102. The maximum Gasteiger partial charge on any atom is 0.248 e. The molecule has 1 aliphatic heterocycles. The predicted molar refractivity (Wildman–Crippen MR) is 72.8 cm³/mol. The van der Waals surface area contributed by atoms with Crippen molar-refractivity contribution in [1.82, 2.24) is 15.2 Å². The first-order chi connectivity index (χ1) is 9.36. The van der Waals surface area contributed by atoms with Crippen molar-refractivity contribution >= 4 is 5.91 Å². The van der Waals surface area contributed by atoms with Crippen LogP contribution >= 0.6 is 0 Å². The molecular formula is C14H21N3O2. The van der Waals surface area contributed by atoms with Crippen molar-refractivity contribution < 1.29 is 9.53 Å². The van der Waals surface area contributed by atoms with Gasteiger partial charge >= 0.3 is 0 Å². The van der Waals surface area contributed by atoms with Gasteiger partial charge in [-0.3, -0.25) is 9.78 Å². The fourth-order valence-electron chi connectivity index (χ4n) is 2.09. The third-order valence-electron chi connectivity index (χ3n) is 3.20. The second-order valence-corrected chi connectivity index (χ2v) is 4.64. The second-order valence-electron chi connectivity index (χ2n) is 4.64. The first-order valence-electron chi connectivity index (χ1n) is 6.81. The number of hydrogen-bond donors (Lipinski definition) is 1. The molecule has 1 aromatic rings. The Bertz CT molecular complexity index is 378. The van der Waals surface area contributed by atoms with Crippen molar-refractivity contribution in [2.75, 3.05) is 39.4 Å². The van der Waals surface area contributed by atoms with Gasteiger partial charge in [0.05, 0.1) is 0 Å². The van der Waals surface area contributed by atoms with E-state index in [9.17, 15) is 4.79 Å². The number of rotatable bonds is 6. The Morgan fingerprint density at radius 3 is 2.79 bits per heavy atom. The first-order valence-corrected chi connectivity index (χ1v) is 6.81. The Morgan fingerprint density at radius 1 is 1.32 bits per heavy atom. The van der Waals surface area contributed by atoms with Gasteiger partial charge in [-0.15, -0.1) is 0 Å². The lowest BCUT2D eigenvalue weighted by atomic mass is 10.1. The first kappa shape index (κ1) is 14.0. The average Bonchev–Trinajstić information content (AvgIpc) is 2.49. The third-order valence-corrected chi connectivity index (χ3v) is 3.20. The zero-order chi connectivity index (χ0) is 13.3. The van der Waals surface area contributed by atoms with Gasteiger partial charge in [0.1, 0.15) is 6.61 Å². The van der Waals surface area contributed by atoms with Crippen LogP contribution < -0.4 is 5.32 Å². The van der Waals surface area contributed by atoms with Crippen molar-refractivity contribution in [2.45, 2.75) is 12.8 Å². The van der Waals surface area contributed by atoms with E-state index in [2.05, 4.69) is 10.3 Å². The van der Waals surface area contributed by atoms with E-state index >= 15 is 0 Å². The van der Waals surface area contributed by atoms with Gasteiger partial charge in [-0.2, -0.15) is 0 Å². The number of pyridine rings is 1. The Balaban J connectivity index is 1.55. The van der Waals surface area contributed by atoms with Gasteiger partial charge in [0, 0.05) is 45.2 Å². The Labute approximate surface area is 114 Å². The molecule has 0 spiro atoms. The van der Waals surface area contributed by atoms with Gasteiger partial charge in [0.2, 0.25) is 5.91 Å². The van der Waals surface area contributed by atoms with E-state index in [4.69, 9.17) is 4.74 Å². The maximum absolute atomic E-state index is 11.8. The summed E-state index contributed by atoms with van der Waals surface area (Å²) < 4.78 is 5.44. The number of aromatic nitrogens is 1. The molecule has 1 saturated heterocycles. The van der Waals surface area contributed by atoms with Crippen molar-refractivity contribution in [3.63, 3.8) is 0 Å². The fraction of sp³-hybridized carbons (Fsp3) is 0.571. The molecule has 19 heavy (non-hydrogen) atoms. The van der Waals surface area contributed by atoms with Crippen molar-refractivity contribution in [1.29, 1.82) is 0 Å². The fourth-order valence-corrected chi connectivity index (χ4v) is 2.09. The highest BCUT2D eigenvalue weighted by molar-refractivity contribution is 5.77. The second kappa shape index (κ2) is 7.86. The summed E-state index contributed by atoms with van der Waals surface area (Å²) in [6.07, 6.45) is 5.48. The average molecular weight is 263 g/mol. The lowest BCUT2D eigenvalue weighted by Crippen LogP contribution is -2.47. The number of nitrogens with one attached hydrogen (secondary N) is 1. The van der Waals surface area contributed by atoms with Gasteiger partial charge in [-0.25, -0.2) is 0 Å². The van der Waals surface area contributed by atoms with Crippen molar-refractivity contribution in [2.24, 2.45) is 0 Å². The lowest BCUT2D eigenvalue weighted by molar-refractivity contribution is -0.136. The minimum Gasteiger partial charge on any atom is -0.372 e. The summed E-state index contributed by atoms with van der Waals surface area (Å²) in [6, 6.07) is 4.01. The van der Waals surface area contributed by atoms with Crippen molar-refractivity contribution in [3.05, 3.63) is 30.1 Å². The highest BCUT2D eigenvalue weighted by atomic mass is 16.5. The van der Waals surface area contributed by atoms with Crippen LogP contribution in [0.4, 0.5) is 0 Å². The molecule has 1 fully saturated rings. The molecule has 5 nitrogen and oxygen atoms in total. The molecule has 2 rings (SSSR count). The zero-order valence-corrected chi connectivity index (χ0v) is 11.2. The van der Waals surface area contributed by atoms with E-state index < -0.39 is 0 Å². The van der Waals surface area contributed by atoms with Gasteiger partial charge in [-0.05, 0) is 30.5 Å². The van der Waals surface area contributed by atoms with Crippen LogP contribution in [-0.4, -0.2) is 55.2 Å². The number of ether oxygens (including phenoxy) is 1. The summed E-state index contributed by atoms with van der Waals surface area (Å²) >= 11 is 0. The minimum atomic E-state index is 0.102. The summed E-state index contributed by atoms with van der Waals surface area (Å²) in [5.41, 5.74) is 1.26. The molecule has 2 heterocycles. The molecule has 1 aliphatic rings. The van der Waals surface area contributed by atoms with E-state index in [-0.39, 0.29) is 12.5 Å². The van der Waals surface area contributed by atoms with Gasteiger partial charge in [0.15, 0.2) is 0 Å². The van der Waals surface area contributed by atoms with Crippen LogP contribution in [0.1, 0.15) is 12.0 Å². The summed E-state index contributed by atoms with van der Waals surface area (Å²) in [4.78, 5) is 17.6. The molecule has 5 heteroatoms. The largest absolute Gasteiger partial charge is 0.372 e. The number of carbonyl (C=O) groups is 1. The molecule has 0 radical (unpaired) electrons. The van der Waals surface area contributed by atoms with Gasteiger partial charge in [-0.1, -0.05) is 0 Å². The molecule has 1 aromatic heterocycles. The summed E-state index contributed by atoms with van der Waals surface area (Å²) in [6.45, 7) is 4.18. The van der Waals surface area contributed by atoms with Crippen LogP contribution in [0.3, 0.4) is 0 Å². The van der Waals surface area contributed by atoms with E-state index in [0.717, 1.165) is 39.0 Å². The van der Waals surface area contributed by atoms with Crippen LogP contribution in [-0.2, 0) is 16.0 Å². The summed E-state index contributed by atoms with van der Waals surface area (Å²) in [7, 11) is 0. The number of nitrogens with zero attached hydrogens (tertiary/aromatic N) is 2. The van der Waals surface area contributed by atoms with E-state index in [1.54, 1.807) is 12.4 Å². The highest BCUT2D eigenvalue weighted by Gasteiger charge is 2.15. The lowest BCUT2D eigenvalue weighted by Gasteiger charge is -2.27. The third kappa shape index (κ3) is 4.96. The van der Waals surface area contributed by atoms with E-state index in [1.165, 1.54) is 5.56 Å². The molecule has 1 N–H and O–H groups in total. The quantitative estimate of drug-likeness (QED) is 0.758. The molecule has 0 unspecified atom stereocenters. The standard InChI is InChI=1S/C14H21N3O2/c18-14(17-9-7-16-8-10-17)12-19-11-1-2-13-3-5-15-6-4-13/h3-6,16H,1-2,7-12H2. The van der Waals surface area contributed by atoms with Gasteiger partial charge < -0.3 is 15.0 Å². The normalized spacial score (nSPS) is 15.5. The molecule has 0 bridgehead atoms.